The first kappa shape index (κ1) is 15.0. The molecule has 7 heteroatoms. The first-order chi connectivity index (χ1) is 10.6. The third-order valence-corrected chi connectivity index (χ3v) is 4.08. The zero-order valence-electron chi connectivity index (χ0n) is 12.1. The number of amides is 1. The Bertz CT molecular complexity index is 684. The molecule has 1 saturated heterocycles. The first-order valence-electron chi connectivity index (χ1n) is 7.13. The molecule has 116 valence electrons. The number of hydrogen-bond acceptors (Lipinski definition) is 4. The van der Waals surface area contributed by atoms with E-state index in [0.29, 0.717) is 24.7 Å². The van der Waals surface area contributed by atoms with Crippen molar-refractivity contribution in [3.63, 3.8) is 0 Å². The predicted molar refractivity (Wildman–Crippen MR) is 78.1 cm³/mol. The highest BCUT2D eigenvalue weighted by Gasteiger charge is 2.34. The SMILES string of the molecule is Cc1noc([C@H]2CCCCN2C(=O)c2c(F)cccc2Cl)n1. The smallest absolute Gasteiger partial charge is 0.259 e. The van der Waals surface area contributed by atoms with E-state index in [1.54, 1.807) is 11.8 Å². The predicted octanol–water partition coefficient (Wildman–Crippen LogP) is 3.54. The molecule has 1 aromatic heterocycles. The minimum absolute atomic E-state index is 0.104. The van der Waals surface area contributed by atoms with Crippen LogP contribution in [0.2, 0.25) is 5.02 Å². The van der Waals surface area contributed by atoms with E-state index in [0.717, 1.165) is 12.8 Å². The van der Waals surface area contributed by atoms with E-state index in [1.165, 1.54) is 18.2 Å². The molecule has 0 aliphatic carbocycles. The van der Waals surface area contributed by atoms with Crippen molar-refractivity contribution in [2.24, 2.45) is 0 Å². The second-order valence-electron chi connectivity index (χ2n) is 5.29. The molecule has 1 fully saturated rings. The van der Waals surface area contributed by atoms with Crippen molar-refractivity contribution in [1.82, 2.24) is 15.0 Å². The van der Waals surface area contributed by atoms with Gasteiger partial charge in [-0.2, -0.15) is 4.98 Å². The van der Waals surface area contributed by atoms with Gasteiger partial charge in [-0.15, -0.1) is 0 Å². The van der Waals surface area contributed by atoms with Gasteiger partial charge in [-0.05, 0) is 38.3 Å². The lowest BCUT2D eigenvalue weighted by molar-refractivity contribution is 0.0557. The Morgan fingerprint density at radius 3 is 2.95 bits per heavy atom. The van der Waals surface area contributed by atoms with Crippen LogP contribution in [0.4, 0.5) is 4.39 Å². The number of rotatable bonds is 2. The topological polar surface area (TPSA) is 59.2 Å². The molecule has 1 amide bonds. The van der Waals surface area contributed by atoms with E-state index in [9.17, 15) is 9.18 Å². The maximum absolute atomic E-state index is 14.0. The van der Waals surface area contributed by atoms with Gasteiger partial charge in [-0.3, -0.25) is 4.79 Å². The summed E-state index contributed by atoms with van der Waals surface area (Å²) in [5, 5.41) is 3.88. The largest absolute Gasteiger partial charge is 0.337 e. The van der Waals surface area contributed by atoms with Gasteiger partial charge in [0, 0.05) is 6.54 Å². The lowest BCUT2D eigenvalue weighted by Gasteiger charge is -2.33. The Hall–Kier alpha value is -1.95. The molecule has 2 aromatic rings. The molecule has 1 aliphatic heterocycles. The molecule has 0 N–H and O–H groups in total. The average molecular weight is 324 g/mol. The minimum Gasteiger partial charge on any atom is -0.337 e. The molecule has 3 rings (SSSR count). The summed E-state index contributed by atoms with van der Waals surface area (Å²) in [6.45, 7) is 2.23. The summed E-state index contributed by atoms with van der Waals surface area (Å²) >= 11 is 6.00. The Labute approximate surface area is 132 Å². The second-order valence-corrected chi connectivity index (χ2v) is 5.69. The Morgan fingerprint density at radius 1 is 1.45 bits per heavy atom. The van der Waals surface area contributed by atoms with E-state index in [-0.39, 0.29) is 16.6 Å². The lowest BCUT2D eigenvalue weighted by atomic mass is 10.0. The minimum atomic E-state index is -0.622. The van der Waals surface area contributed by atoms with Gasteiger partial charge in [0.25, 0.3) is 5.91 Å². The normalized spacial score (nSPS) is 18.5. The summed E-state index contributed by atoms with van der Waals surface area (Å²) in [5.41, 5.74) is -0.104. The third kappa shape index (κ3) is 2.70. The third-order valence-electron chi connectivity index (χ3n) is 3.77. The average Bonchev–Trinajstić information content (AvgIpc) is 2.93. The second kappa shape index (κ2) is 6.04. The number of aromatic nitrogens is 2. The fourth-order valence-electron chi connectivity index (χ4n) is 2.73. The highest BCUT2D eigenvalue weighted by Crippen LogP contribution is 2.33. The number of halogens is 2. The van der Waals surface area contributed by atoms with Crippen molar-refractivity contribution in [3.05, 3.63) is 46.3 Å². The number of carbonyl (C=O) groups is 1. The van der Waals surface area contributed by atoms with Crippen LogP contribution in [-0.4, -0.2) is 27.5 Å². The molecule has 0 unspecified atom stereocenters. The summed E-state index contributed by atoms with van der Waals surface area (Å²) in [5.74, 6) is -0.165. The van der Waals surface area contributed by atoms with Crippen molar-refractivity contribution >= 4 is 17.5 Å². The fourth-order valence-corrected chi connectivity index (χ4v) is 2.97. The number of likely N-dealkylation sites (tertiary alicyclic amines) is 1. The number of aryl methyl sites for hydroxylation is 1. The Kier molecular flexibility index (Phi) is 4.11. The van der Waals surface area contributed by atoms with E-state index in [2.05, 4.69) is 10.1 Å². The van der Waals surface area contributed by atoms with Crippen molar-refractivity contribution in [2.75, 3.05) is 6.54 Å². The van der Waals surface area contributed by atoms with Gasteiger partial charge < -0.3 is 9.42 Å². The number of nitrogens with zero attached hydrogens (tertiary/aromatic N) is 3. The molecule has 1 aliphatic rings. The van der Waals surface area contributed by atoms with Gasteiger partial charge in [-0.1, -0.05) is 22.8 Å². The van der Waals surface area contributed by atoms with Crippen LogP contribution in [0.25, 0.3) is 0 Å². The fraction of sp³-hybridized carbons (Fsp3) is 0.400. The molecule has 0 bridgehead atoms. The van der Waals surface area contributed by atoms with Crippen LogP contribution < -0.4 is 0 Å². The van der Waals surface area contributed by atoms with Gasteiger partial charge in [0.15, 0.2) is 5.82 Å². The van der Waals surface area contributed by atoms with E-state index >= 15 is 0 Å². The zero-order valence-corrected chi connectivity index (χ0v) is 12.8. The Balaban J connectivity index is 1.95. The van der Waals surface area contributed by atoms with Gasteiger partial charge in [0.2, 0.25) is 5.89 Å². The molecular weight excluding hydrogens is 309 g/mol. The maximum Gasteiger partial charge on any atom is 0.259 e. The van der Waals surface area contributed by atoms with Gasteiger partial charge >= 0.3 is 0 Å². The van der Waals surface area contributed by atoms with Crippen molar-refractivity contribution in [2.45, 2.75) is 32.2 Å². The van der Waals surface area contributed by atoms with Gasteiger partial charge in [-0.25, -0.2) is 4.39 Å². The monoisotopic (exact) mass is 323 g/mol. The van der Waals surface area contributed by atoms with Crippen molar-refractivity contribution in [1.29, 1.82) is 0 Å². The summed E-state index contributed by atoms with van der Waals surface area (Å²) in [4.78, 5) is 18.5. The number of hydrogen-bond donors (Lipinski definition) is 0. The number of carbonyl (C=O) groups excluding carboxylic acids is 1. The van der Waals surface area contributed by atoms with E-state index < -0.39 is 11.7 Å². The zero-order chi connectivity index (χ0) is 15.7. The van der Waals surface area contributed by atoms with Gasteiger partial charge in [0.1, 0.15) is 11.9 Å². The lowest BCUT2D eigenvalue weighted by Crippen LogP contribution is -2.39. The van der Waals surface area contributed by atoms with Crippen LogP contribution in [0.15, 0.2) is 22.7 Å². The summed E-state index contributed by atoms with van der Waals surface area (Å²) in [6, 6.07) is 3.88. The first-order valence-corrected chi connectivity index (χ1v) is 7.51. The van der Waals surface area contributed by atoms with Gasteiger partial charge in [0.05, 0.1) is 10.6 Å². The highest BCUT2D eigenvalue weighted by molar-refractivity contribution is 6.33. The highest BCUT2D eigenvalue weighted by atomic mass is 35.5. The molecular formula is C15H15ClFN3O2. The summed E-state index contributed by atoms with van der Waals surface area (Å²) in [7, 11) is 0. The number of piperidine rings is 1. The molecule has 0 radical (unpaired) electrons. The van der Waals surface area contributed by atoms with Crippen LogP contribution in [0.5, 0.6) is 0 Å². The molecule has 1 aromatic carbocycles. The van der Waals surface area contributed by atoms with E-state index in [1.807, 2.05) is 0 Å². The summed E-state index contributed by atoms with van der Waals surface area (Å²) < 4.78 is 19.2. The molecule has 1 atom stereocenters. The molecule has 0 saturated carbocycles. The van der Waals surface area contributed by atoms with Crippen LogP contribution in [-0.2, 0) is 0 Å². The van der Waals surface area contributed by atoms with Crippen LogP contribution in [0.1, 0.15) is 47.4 Å². The molecule has 2 heterocycles. The molecule has 5 nitrogen and oxygen atoms in total. The van der Waals surface area contributed by atoms with Crippen LogP contribution in [0.3, 0.4) is 0 Å². The molecule has 0 spiro atoms. The number of benzene rings is 1. The van der Waals surface area contributed by atoms with Crippen LogP contribution >= 0.6 is 11.6 Å². The quantitative estimate of drug-likeness (QED) is 0.848. The van der Waals surface area contributed by atoms with Crippen molar-refractivity contribution < 1.29 is 13.7 Å². The summed E-state index contributed by atoms with van der Waals surface area (Å²) in [6.07, 6.45) is 2.50. The van der Waals surface area contributed by atoms with Crippen molar-refractivity contribution in [3.8, 4) is 0 Å². The standard InChI is InChI=1S/C15H15ClFN3O2/c1-9-18-14(22-19-9)12-7-2-3-8-20(12)15(21)13-10(16)5-4-6-11(13)17/h4-6,12H,2-3,7-8H2,1H3/t12-/m1/s1. The molecule has 22 heavy (non-hydrogen) atoms. The maximum atomic E-state index is 14.0. The Morgan fingerprint density at radius 2 is 2.27 bits per heavy atom. The van der Waals surface area contributed by atoms with Crippen LogP contribution in [0, 0.1) is 12.7 Å². The van der Waals surface area contributed by atoms with E-state index in [4.69, 9.17) is 16.1 Å².